The molecule has 0 unspecified atom stereocenters. The standard InChI is InChI=1S/C24H28F2N6/c1-16-9-20(28-19-5-7-31(8-6-19)22-3-2-4-22)14-21(10-16)29-24-27-15-32(30-24)23-12-17(25)11-18(26)13-23/h9-15,19,22,28H,2-8H2,1H3,(H,29,30). The van der Waals surface area contributed by atoms with Gasteiger partial charge in [-0.1, -0.05) is 6.42 Å². The molecular weight excluding hydrogens is 410 g/mol. The summed E-state index contributed by atoms with van der Waals surface area (Å²) in [4.78, 5) is 6.88. The molecule has 1 aliphatic carbocycles. The van der Waals surface area contributed by atoms with Gasteiger partial charge in [-0.15, -0.1) is 5.10 Å². The number of anilines is 3. The van der Waals surface area contributed by atoms with Crippen molar-refractivity contribution in [3.05, 3.63) is 59.9 Å². The topological polar surface area (TPSA) is 58.0 Å². The molecule has 1 saturated heterocycles. The van der Waals surface area contributed by atoms with Crippen LogP contribution in [0.15, 0.2) is 42.7 Å². The molecule has 3 aromatic rings. The molecule has 0 amide bonds. The average Bonchev–Trinajstić information content (AvgIpc) is 3.15. The Morgan fingerprint density at radius 2 is 1.62 bits per heavy atom. The predicted molar refractivity (Wildman–Crippen MR) is 122 cm³/mol. The number of nitrogens with one attached hydrogen (secondary N) is 2. The Balaban J connectivity index is 1.24. The summed E-state index contributed by atoms with van der Waals surface area (Å²) in [6.07, 6.45) is 7.86. The SMILES string of the molecule is Cc1cc(Nc2ncn(-c3cc(F)cc(F)c3)n2)cc(NC2CCN(C3CCC3)CC2)c1. The van der Waals surface area contributed by atoms with Crippen molar-refractivity contribution in [1.82, 2.24) is 19.7 Å². The van der Waals surface area contributed by atoms with E-state index < -0.39 is 11.6 Å². The van der Waals surface area contributed by atoms with Crippen LogP contribution in [0.3, 0.4) is 0 Å². The number of halogens is 2. The van der Waals surface area contributed by atoms with Gasteiger partial charge in [0.25, 0.3) is 0 Å². The van der Waals surface area contributed by atoms with Crippen LogP contribution in [-0.4, -0.2) is 44.8 Å². The first-order chi connectivity index (χ1) is 15.5. The summed E-state index contributed by atoms with van der Waals surface area (Å²) in [7, 11) is 0. The molecule has 2 fully saturated rings. The van der Waals surface area contributed by atoms with Crippen LogP contribution >= 0.6 is 0 Å². The van der Waals surface area contributed by atoms with Crippen LogP contribution in [0.25, 0.3) is 5.69 Å². The van der Waals surface area contributed by atoms with Gasteiger partial charge in [-0.2, -0.15) is 4.98 Å². The van der Waals surface area contributed by atoms with E-state index in [4.69, 9.17) is 0 Å². The molecule has 1 saturated carbocycles. The minimum absolute atomic E-state index is 0.280. The van der Waals surface area contributed by atoms with Crippen LogP contribution in [0, 0.1) is 18.6 Å². The molecular formula is C24H28F2N6. The highest BCUT2D eigenvalue weighted by Gasteiger charge is 2.28. The monoisotopic (exact) mass is 438 g/mol. The molecule has 2 aromatic carbocycles. The summed E-state index contributed by atoms with van der Waals surface area (Å²) in [5.41, 5.74) is 3.34. The van der Waals surface area contributed by atoms with Crippen LogP contribution in [0.2, 0.25) is 0 Å². The second-order valence-corrected chi connectivity index (χ2v) is 8.89. The van der Waals surface area contributed by atoms with Gasteiger partial charge in [-0.25, -0.2) is 13.5 Å². The van der Waals surface area contributed by atoms with Crippen molar-refractivity contribution in [2.75, 3.05) is 23.7 Å². The molecule has 1 aliphatic heterocycles. The van der Waals surface area contributed by atoms with Crippen molar-refractivity contribution in [1.29, 1.82) is 0 Å². The molecule has 6 nitrogen and oxygen atoms in total. The molecule has 8 heteroatoms. The van der Waals surface area contributed by atoms with E-state index in [1.807, 2.05) is 12.1 Å². The highest BCUT2D eigenvalue weighted by molar-refractivity contribution is 5.63. The molecule has 2 aliphatic rings. The van der Waals surface area contributed by atoms with Gasteiger partial charge < -0.3 is 15.5 Å². The number of nitrogens with zero attached hydrogens (tertiary/aromatic N) is 4. The fourth-order valence-corrected chi connectivity index (χ4v) is 4.58. The first-order valence-electron chi connectivity index (χ1n) is 11.3. The van der Waals surface area contributed by atoms with Gasteiger partial charge in [0.1, 0.15) is 18.0 Å². The normalized spacial score (nSPS) is 17.8. The number of likely N-dealkylation sites (tertiary alicyclic amines) is 1. The summed E-state index contributed by atoms with van der Waals surface area (Å²) in [6, 6.07) is 10.8. The van der Waals surface area contributed by atoms with Crippen LogP contribution in [0.1, 0.15) is 37.7 Å². The zero-order valence-corrected chi connectivity index (χ0v) is 18.2. The zero-order chi connectivity index (χ0) is 22.1. The number of piperidine rings is 1. The molecule has 2 heterocycles. The number of hydrogen-bond acceptors (Lipinski definition) is 5. The highest BCUT2D eigenvalue weighted by Crippen LogP contribution is 2.29. The van der Waals surface area contributed by atoms with E-state index >= 15 is 0 Å². The predicted octanol–water partition coefficient (Wildman–Crippen LogP) is 5.03. The Morgan fingerprint density at radius 3 is 2.31 bits per heavy atom. The Kier molecular flexibility index (Phi) is 5.78. The third-order valence-corrected chi connectivity index (χ3v) is 6.43. The van der Waals surface area contributed by atoms with E-state index in [9.17, 15) is 8.78 Å². The quantitative estimate of drug-likeness (QED) is 0.566. The smallest absolute Gasteiger partial charge is 0.246 e. The number of aryl methyl sites for hydroxylation is 1. The number of benzene rings is 2. The lowest BCUT2D eigenvalue weighted by Gasteiger charge is -2.42. The Hall–Kier alpha value is -3.00. The number of hydrogen-bond donors (Lipinski definition) is 2. The summed E-state index contributed by atoms with van der Waals surface area (Å²) in [5.74, 6) is -0.948. The number of rotatable bonds is 6. The average molecular weight is 439 g/mol. The van der Waals surface area contributed by atoms with Gasteiger partial charge in [0.2, 0.25) is 5.95 Å². The summed E-state index contributed by atoms with van der Waals surface area (Å²) < 4.78 is 28.4. The molecule has 168 valence electrons. The maximum atomic E-state index is 13.5. The van der Waals surface area contributed by atoms with Crippen LogP contribution < -0.4 is 10.6 Å². The van der Waals surface area contributed by atoms with E-state index in [0.717, 1.165) is 41.9 Å². The second-order valence-electron chi connectivity index (χ2n) is 8.89. The Labute approximate surface area is 186 Å². The largest absolute Gasteiger partial charge is 0.382 e. The fourth-order valence-electron chi connectivity index (χ4n) is 4.58. The van der Waals surface area contributed by atoms with Gasteiger partial charge in [0, 0.05) is 42.6 Å². The van der Waals surface area contributed by atoms with E-state index in [0.29, 0.717) is 12.0 Å². The van der Waals surface area contributed by atoms with Gasteiger partial charge in [0.05, 0.1) is 5.69 Å². The summed E-state index contributed by atoms with van der Waals surface area (Å²) in [5, 5.41) is 11.2. The van der Waals surface area contributed by atoms with Crippen LogP contribution in [0.5, 0.6) is 0 Å². The summed E-state index contributed by atoms with van der Waals surface area (Å²) in [6.45, 7) is 4.39. The molecule has 0 radical (unpaired) electrons. The van der Waals surface area contributed by atoms with Gasteiger partial charge in [-0.05, 0) is 68.5 Å². The maximum Gasteiger partial charge on any atom is 0.246 e. The van der Waals surface area contributed by atoms with E-state index in [2.05, 4.69) is 38.6 Å². The van der Waals surface area contributed by atoms with Crippen molar-refractivity contribution in [2.45, 2.75) is 51.1 Å². The van der Waals surface area contributed by atoms with Gasteiger partial charge in [0.15, 0.2) is 0 Å². The van der Waals surface area contributed by atoms with Crippen LogP contribution in [-0.2, 0) is 0 Å². The van der Waals surface area contributed by atoms with Crippen molar-refractivity contribution in [3.8, 4) is 5.69 Å². The molecule has 1 aromatic heterocycles. The Bertz CT molecular complexity index is 1070. The lowest BCUT2D eigenvalue weighted by molar-refractivity contribution is 0.101. The zero-order valence-electron chi connectivity index (χ0n) is 18.2. The van der Waals surface area contributed by atoms with E-state index in [-0.39, 0.29) is 5.69 Å². The molecule has 5 rings (SSSR count). The Morgan fingerprint density at radius 1 is 0.906 bits per heavy atom. The molecule has 0 bridgehead atoms. The van der Waals surface area contributed by atoms with Gasteiger partial charge >= 0.3 is 0 Å². The molecule has 0 spiro atoms. The van der Waals surface area contributed by atoms with Crippen molar-refractivity contribution >= 4 is 17.3 Å². The first-order valence-corrected chi connectivity index (χ1v) is 11.3. The van der Waals surface area contributed by atoms with Crippen molar-refractivity contribution < 1.29 is 8.78 Å². The molecule has 2 N–H and O–H groups in total. The van der Waals surface area contributed by atoms with E-state index in [1.165, 1.54) is 55.5 Å². The van der Waals surface area contributed by atoms with E-state index in [1.54, 1.807) is 0 Å². The second kappa shape index (κ2) is 8.86. The van der Waals surface area contributed by atoms with Crippen LogP contribution in [0.4, 0.5) is 26.1 Å². The fraction of sp³-hybridized carbons (Fsp3) is 0.417. The third kappa shape index (κ3) is 4.75. The molecule has 0 atom stereocenters. The lowest BCUT2D eigenvalue weighted by Crippen LogP contribution is -2.47. The first kappa shape index (κ1) is 20.9. The minimum atomic E-state index is -0.655. The van der Waals surface area contributed by atoms with Gasteiger partial charge in [-0.3, -0.25) is 0 Å². The highest BCUT2D eigenvalue weighted by atomic mass is 19.1. The minimum Gasteiger partial charge on any atom is -0.382 e. The lowest BCUT2D eigenvalue weighted by atomic mass is 9.89. The number of aromatic nitrogens is 3. The maximum absolute atomic E-state index is 13.5. The molecule has 32 heavy (non-hydrogen) atoms. The third-order valence-electron chi connectivity index (χ3n) is 6.43. The summed E-state index contributed by atoms with van der Waals surface area (Å²) >= 11 is 0. The van der Waals surface area contributed by atoms with Crippen molar-refractivity contribution in [3.63, 3.8) is 0 Å². The van der Waals surface area contributed by atoms with Crippen molar-refractivity contribution in [2.24, 2.45) is 0 Å².